The van der Waals surface area contributed by atoms with E-state index in [0.29, 0.717) is 37.3 Å². The van der Waals surface area contributed by atoms with Crippen LogP contribution in [0, 0.1) is 0 Å². The van der Waals surface area contributed by atoms with Crippen molar-refractivity contribution >= 4 is 26.7 Å². The molecule has 3 aromatic rings. The standard InChI is InChI=1S/C19H20N2O3S/c22-16-10-12-20(13-11-16)19-14-15-6-4-5-9-18(15)21(19)25(23,24)17-7-2-1-3-8-17/h1-9,14,16,22H,10-13H2. The summed E-state index contributed by atoms with van der Waals surface area (Å²) in [5, 5.41) is 10.7. The minimum atomic E-state index is -3.70. The maximum Gasteiger partial charge on any atom is 0.269 e. The van der Waals surface area contributed by atoms with E-state index < -0.39 is 10.0 Å². The van der Waals surface area contributed by atoms with Crippen LogP contribution in [0.2, 0.25) is 0 Å². The van der Waals surface area contributed by atoms with Gasteiger partial charge >= 0.3 is 0 Å². The first kappa shape index (κ1) is 16.2. The van der Waals surface area contributed by atoms with E-state index in [1.807, 2.05) is 35.2 Å². The smallest absolute Gasteiger partial charge is 0.269 e. The molecule has 6 heteroatoms. The molecule has 2 aromatic carbocycles. The number of fused-ring (bicyclic) bond motifs is 1. The monoisotopic (exact) mass is 356 g/mol. The van der Waals surface area contributed by atoms with Crippen molar-refractivity contribution in [3.8, 4) is 0 Å². The van der Waals surface area contributed by atoms with Crippen molar-refractivity contribution in [2.75, 3.05) is 18.0 Å². The number of nitrogens with zero attached hydrogens (tertiary/aromatic N) is 2. The Balaban J connectivity index is 1.91. The molecule has 1 aliphatic rings. The molecule has 0 bridgehead atoms. The van der Waals surface area contributed by atoms with Gasteiger partial charge in [0.25, 0.3) is 10.0 Å². The summed E-state index contributed by atoms with van der Waals surface area (Å²) in [7, 11) is -3.70. The average molecular weight is 356 g/mol. The van der Waals surface area contributed by atoms with Crippen LogP contribution in [-0.2, 0) is 10.0 Å². The Hall–Kier alpha value is -2.31. The van der Waals surface area contributed by atoms with Gasteiger partial charge in [0, 0.05) is 18.5 Å². The van der Waals surface area contributed by atoms with Crippen molar-refractivity contribution in [3.05, 3.63) is 60.7 Å². The lowest BCUT2D eigenvalue weighted by molar-refractivity contribution is 0.145. The zero-order valence-electron chi connectivity index (χ0n) is 13.7. The number of anilines is 1. The van der Waals surface area contributed by atoms with Crippen LogP contribution in [0.15, 0.2) is 65.6 Å². The van der Waals surface area contributed by atoms with Crippen molar-refractivity contribution in [1.82, 2.24) is 3.97 Å². The number of benzene rings is 2. The van der Waals surface area contributed by atoms with Gasteiger partial charge in [-0.2, -0.15) is 0 Å². The second-order valence-corrected chi connectivity index (χ2v) is 8.15. The number of piperidine rings is 1. The SMILES string of the molecule is O=S(=O)(c1ccccc1)n1c(N2CCC(O)CC2)cc2ccccc21. The molecule has 25 heavy (non-hydrogen) atoms. The van der Waals surface area contributed by atoms with Crippen molar-refractivity contribution in [3.63, 3.8) is 0 Å². The third kappa shape index (κ3) is 2.81. The summed E-state index contributed by atoms with van der Waals surface area (Å²) in [5.74, 6) is 0.664. The molecule has 0 aliphatic carbocycles. The molecule has 1 fully saturated rings. The first-order valence-corrected chi connectivity index (χ1v) is 9.85. The van der Waals surface area contributed by atoms with Gasteiger partial charge in [-0.05, 0) is 37.1 Å². The molecule has 1 aromatic heterocycles. The molecule has 1 aliphatic heterocycles. The zero-order chi connectivity index (χ0) is 17.4. The number of hydrogen-bond donors (Lipinski definition) is 1. The highest BCUT2D eigenvalue weighted by atomic mass is 32.2. The van der Waals surface area contributed by atoms with E-state index in [1.54, 1.807) is 30.3 Å². The molecular formula is C19H20N2O3S. The molecule has 0 amide bonds. The number of aliphatic hydroxyl groups excluding tert-OH is 1. The summed E-state index contributed by atoms with van der Waals surface area (Å²) in [5.41, 5.74) is 0.674. The number of aliphatic hydroxyl groups is 1. The van der Waals surface area contributed by atoms with Gasteiger partial charge < -0.3 is 10.0 Å². The first-order valence-electron chi connectivity index (χ1n) is 8.41. The molecule has 1 saturated heterocycles. The predicted molar refractivity (Wildman–Crippen MR) is 98.4 cm³/mol. The minimum Gasteiger partial charge on any atom is -0.393 e. The molecule has 130 valence electrons. The Bertz CT molecular complexity index is 988. The molecule has 4 rings (SSSR count). The number of para-hydroxylation sites is 1. The Morgan fingerprint density at radius 1 is 0.920 bits per heavy atom. The van der Waals surface area contributed by atoms with E-state index in [4.69, 9.17) is 0 Å². The van der Waals surface area contributed by atoms with Gasteiger partial charge in [-0.3, -0.25) is 0 Å². The number of hydrogen-bond acceptors (Lipinski definition) is 4. The highest BCUT2D eigenvalue weighted by molar-refractivity contribution is 7.90. The molecule has 2 heterocycles. The van der Waals surface area contributed by atoms with E-state index in [9.17, 15) is 13.5 Å². The quantitative estimate of drug-likeness (QED) is 0.784. The van der Waals surface area contributed by atoms with Crippen LogP contribution in [0.25, 0.3) is 10.9 Å². The molecule has 1 N–H and O–H groups in total. The van der Waals surface area contributed by atoms with E-state index in [-0.39, 0.29) is 11.0 Å². The summed E-state index contributed by atoms with van der Waals surface area (Å²) >= 11 is 0. The Kier molecular flexibility index (Phi) is 4.01. The van der Waals surface area contributed by atoms with Gasteiger partial charge in [0.2, 0.25) is 0 Å². The molecular weight excluding hydrogens is 336 g/mol. The Labute approximate surface area is 147 Å². The van der Waals surface area contributed by atoms with Crippen LogP contribution in [0.4, 0.5) is 5.82 Å². The lowest BCUT2D eigenvalue weighted by atomic mass is 10.1. The summed E-state index contributed by atoms with van der Waals surface area (Å²) in [6.45, 7) is 1.28. The van der Waals surface area contributed by atoms with Gasteiger partial charge in [-0.1, -0.05) is 36.4 Å². The minimum absolute atomic E-state index is 0.273. The highest BCUT2D eigenvalue weighted by Gasteiger charge is 2.27. The van der Waals surface area contributed by atoms with Gasteiger partial charge in [0.1, 0.15) is 5.82 Å². The van der Waals surface area contributed by atoms with E-state index in [2.05, 4.69) is 0 Å². The summed E-state index contributed by atoms with van der Waals surface area (Å²) in [6, 6.07) is 17.9. The van der Waals surface area contributed by atoms with Gasteiger partial charge in [-0.15, -0.1) is 0 Å². The summed E-state index contributed by atoms with van der Waals surface area (Å²) < 4.78 is 28.1. The first-order chi connectivity index (χ1) is 12.1. The Morgan fingerprint density at radius 3 is 2.28 bits per heavy atom. The lowest BCUT2D eigenvalue weighted by Gasteiger charge is -2.31. The Morgan fingerprint density at radius 2 is 1.56 bits per heavy atom. The van der Waals surface area contributed by atoms with Crippen LogP contribution in [0.3, 0.4) is 0 Å². The maximum absolute atomic E-state index is 13.3. The maximum atomic E-state index is 13.3. The second-order valence-electron chi connectivity index (χ2n) is 6.36. The van der Waals surface area contributed by atoms with E-state index in [1.165, 1.54) is 3.97 Å². The zero-order valence-corrected chi connectivity index (χ0v) is 14.6. The van der Waals surface area contributed by atoms with Gasteiger partial charge in [-0.25, -0.2) is 12.4 Å². The van der Waals surface area contributed by atoms with E-state index >= 15 is 0 Å². The topological polar surface area (TPSA) is 62.5 Å². The lowest BCUT2D eigenvalue weighted by Crippen LogP contribution is -2.37. The fourth-order valence-corrected chi connectivity index (χ4v) is 4.93. The molecule has 0 saturated carbocycles. The van der Waals surface area contributed by atoms with Crippen LogP contribution >= 0.6 is 0 Å². The highest BCUT2D eigenvalue weighted by Crippen LogP contribution is 2.32. The number of rotatable bonds is 3. The van der Waals surface area contributed by atoms with Gasteiger partial charge in [0.05, 0.1) is 16.5 Å². The summed E-state index contributed by atoms with van der Waals surface area (Å²) in [4.78, 5) is 2.32. The molecule has 0 radical (unpaired) electrons. The number of aromatic nitrogens is 1. The van der Waals surface area contributed by atoms with Gasteiger partial charge in [0.15, 0.2) is 0 Å². The molecule has 0 spiro atoms. The second kappa shape index (κ2) is 6.20. The van der Waals surface area contributed by atoms with Crippen LogP contribution in [0.1, 0.15) is 12.8 Å². The van der Waals surface area contributed by atoms with Crippen molar-refractivity contribution in [2.24, 2.45) is 0 Å². The molecule has 0 unspecified atom stereocenters. The average Bonchev–Trinajstić information content (AvgIpc) is 3.03. The van der Waals surface area contributed by atoms with Crippen LogP contribution in [-0.4, -0.2) is 36.7 Å². The van der Waals surface area contributed by atoms with Crippen molar-refractivity contribution in [2.45, 2.75) is 23.8 Å². The van der Waals surface area contributed by atoms with Crippen molar-refractivity contribution < 1.29 is 13.5 Å². The molecule has 5 nitrogen and oxygen atoms in total. The normalized spacial score (nSPS) is 16.4. The summed E-state index contributed by atoms with van der Waals surface area (Å²) in [6.07, 6.45) is 0.986. The van der Waals surface area contributed by atoms with E-state index in [0.717, 1.165) is 5.39 Å². The fourth-order valence-electron chi connectivity index (χ4n) is 3.38. The predicted octanol–water partition coefficient (Wildman–Crippen LogP) is 2.84. The van der Waals surface area contributed by atoms with Crippen molar-refractivity contribution in [1.29, 1.82) is 0 Å². The third-order valence-electron chi connectivity index (χ3n) is 4.72. The van der Waals surface area contributed by atoms with Crippen LogP contribution < -0.4 is 4.90 Å². The van der Waals surface area contributed by atoms with Crippen LogP contribution in [0.5, 0.6) is 0 Å². The molecule has 0 atom stereocenters. The fraction of sp³-hybridized carbons (Fsp3) is 0.263. The third-order valence-corrected chi connectivity index (χ3v) is 6.45. The largest absolute Gasteiger partial charge is 0.393 e.